The lowest BCUT2D eigenvalue weighted by molar-refractivity contribution is -0.278. The van der Waals surface area contributed by atoms with Gasteiger partial charge in [0, 0.05) is 0 Å². The van der Waals surface area contributed by atoms with Crippen LogP contribution in [0.4, 0.5) is 27.6 Å². The van der Waals surface area contributed by atoms with E-state index in [0.29, 0.717) is 0 Å². The molecule has 20 heavy (non-hydrogen) atoms. The fourth-order valence-electron chi connectivity index (χ4n) is 1.16. The van der Waals surface area contributed by atoms with E-state index in [1.807, 2.05) is 0 Å². The van der Waals surface area contributed by atoms with Crippen LogP contribution in [0.1, 0.15) is 10.4 Å². The zero-order chi connectivity index (χ0) is 15.7. The van der Waals surface area contributed by atoms with Crippen molar-refractivity contribution in [1.82, 2.24) is 5.32 Å². The van der Waals surface area contributed by atoms with E-state index in [-0.39, 0.29) is 15.7 Å². The van der Waals surface area contributed by atoms with Crippen LogP contribution in [0.15, 0.2) is 12.1 Å². The van der Waals surface area contributed by atoms with Crippen molar-refractivity contribution < 1.29 is 26.7 Å². The highest BCUT2D eigenvalue weighted by atomic mass is 35.5. The van der Waals surface area contributed by atoms with Crippen molar-refractivity contribution in [3.8, 4) is 0 Å². The normalized spacial score (nSPS) is 12.3. The van der Waals surface area contributed by atoms with E-state index < -0.39 is 30.1 Å². The van der Waals surface area contributed by atoms with Crippen molar-refractivity contribution >= 4 is 34.8 Å². The van der Waals surface area contributed by atoms with Crippen LogP contribution in [0.3, 0.4) is 0 Å². The first-order valence-electron chi connectivity index (χ1n) is 4.93. The van der Waals surface area contributed by atoms with Crippen molar-refractivity contribution in [2.45, 2.75) is 12.1 Å². The number of amides is 1. The second-order valence-corrected chi connectivity index (χ2v) is 4.50. The Labute approximate surface area is 119 Å². The summed E-state index contributed by atoms with van der Waals surface area (Å²) in [6.07, 6.45) is -5.77. The molecule has 1 aromatic rings. The Morgan fingerprint density at radius 2 is 1.75 bits per heavy atom. The van der Waals surface area contributed by atoms with Crippen molar-refractivity contribution in [3.05, 3.63) is 27.7 Å². The highest BCUT2D eigenvalue weighted by molar-refractivity contribution is 6.41. The summed E-state index contributed by atoms with van der Waals surface area (Å²) in [5.41, 5.74) is 4.85. The smallest absolute Gasteiger partial charge is 0.398 e. The molecule has 0 heterocycles. The number of hydrogen-bond acceptors (Lipinski definition) is 2. The lowest BCUT2D eigenvalue weighted by Crippen LogP contribution is -2.46. The third kappa shape index (κ3) is 3.43. The van der Waals surface area contributed by atoms with Gasteiger partial charge < -0.3 is 11.1 Å². The van der Waals surface area contributed by atoms with Crippen molar-refractivity contribution in [1.29, 1.82) is 0 Å². The van der Waals surface area contributed by atoms with Gasteiger partial charge in [0.1, 0.15) is 0 Å². The highest BCUT2D eigenvalue weighted by Gasteiger charge is 2.57. The average molecular weight is 337 g/mol. The second-order valence-electron chi connectivity index (χ2n) is 3.71. The molecule has 0 aliphatic heterocycles. The van der Waals surface area contributed by atoms with Crippen LogP contribution >= 0.6 is 23.2 Å². The molecule has 0 fully saturated rings. The Bertz CT molecular complexity index is 533. The quantitative estimate of drug-likeness (QED) is 0.655. The van der Waals surface area contributed by atoms with Gasteiger partial charge in [-0.3, -0.25) is 4.79 Å². The molecule has 0 bridgehead atoms. The average Bonchev–Trinajstić information content (AvgIpc) is 2.30. The molecule has 1 amide bonds. The lowest BCUT2D eigenvalue weighted by atomic mass is 10.1. The molecule has 0 saturated carbocycles. The van der Waals surface area contributed by atoms with Crippen LogP contribution in [0.2, 0.25) is 10.0 Å². The summed E-state index contributed by atoms with van der Waals surface area (Å²) in [6, 6.07) is 2.42. The number of carbonyl (C=O) groups is 1. The van der Waals surface area contributed by atoms with Gasteiger partial charge in [0.15, 0.2) is 0 Å². The molecule has 0 spiro atoms. The molecule has 0 aliphatic carbocycles. The van der Waals surface area contributed by atoms with E-state index in [4.69, 9.17) is 28.9 Å². The minimum absolute atomic E-state index is 0.0659. The first kappa shape index (κ1) is 16.8. The summed E-state index contributed by atoms with van der Waals surface area (Å²) in [5, 5.41) is 0.868. The molecule has 1 rings (SSSR count). The minimum atomic E-state index is -5.77. The maximum Gasteiger partial charge on any atom is 0.455 e. The van der Waals surface area contributed by atoms with E-state index in [0.717, 1.165) is 0 Å². The summed E-state index contributed by atoms with van der Waals surface area (Å²) < 4.78 is 61.1. The number of carbonyl (C=O) groups excluding carboxylic acids is 1. The number of hydrogen-bond donors (Lipinski definition) is 2. The maximum atomic E-state index is 12.7. The number of anilines is 1. The molecule has 1 aromatic carbocycles. The number of benzene rings is 1. The van der Waals surface area contributed by atoms with Crippen molar-refractivity contribution in [2.75, 3.05) is 12.3 Å². The largest absolute Gasteiger partial charge is 0.455 e. The number of halogens is 7. The zero-order valence-corrected chi connectivity index (χ0v) is 11.0. The van der Waals surface area contributed by atoms with Gasteiger partial charge in [-0.15, -0.1) is 0 Å². The van der Waals surface area contributed by atoms with Crippen LogP contribution in [0, 0.1) is 0 Å². The first-order chi connectivity index (χ1) is 8.97. The Morgan fingerprint density at radius 1 is 1.20 bits per heavy atom. The minimum Gasteiger partial charge on any atom is -0.398 e. The number of alkyl halides is 5. The molecular formula is C10H7Cl2F5N2O. The Balaban J connectivity index is 2.92. The molecule has 3 N–H and O–H groups in total. The molecule has 10 heteroatoms. The Kier molecular flexibility index (Phi) is 4.70. The molecule has 3 nitrogen and oxygen atoms in total. The molecule has 0 aromatic heterocycles. The fraction of sp³-hybridized carbons (Fsp3) is 0.300. The number of nitrogen functional groups attached to an aromatic ring is 1. The van der Waals surface area contributed by atoms with E-state index in [2.05, 4.69) is 0 Å². The van der Waals surface area contributed by atoms with Gasteiger partial charge in [0.05, 0.1) is 27.8 Å². The summed E-state index contributed by atoms with van der Waals surface area (Å²) >= 11 is 11.3. The van der Waals surface area contributed by atoms with Crippen molar-refractivity contribution in [3.63, 3.8) is 0 Å². The maximum absolute atomic E-state index is 12.7. The summed E-state index contributed by atoms with van der Waals surface area (Å²) in [4.78, 5) is 11.6. The Hall–Kier alpha value is -1.28. The van der Waals surface area contributed by atoms with Gasteiger partial charge in [0.2, 0.25) is 0 Å². The SMILES string of the molecule is Nc1ccc(Cl)c(C(=O)NCC(F)(F)C(F)(F)F)c1Cl. The number of nitrogens with two attached hydrogens (primary N) is 1. The highest BCUT2D eigenvalue weighted by Crippen LogP contribution is 2.35. The topological polar surface area (TPSA) is 55.1 Å². The third-order valence-electron chi connectivity index (χ3n) is 2.23. The zero-order valence-electron chi connectivity index (χ0n) is 9.49. The van der Waals surface area contributed by atoms with Gasteiger partial charge in [-0.1, -0.05) is 23.2 Å². The predicted octanol–water partition coefficient (Wildman–Crippen LogP) is 3.50. The first-order valence-corrected chi connectivity index (χ1v) is 5.69. The monoisotopic (exact) mass is 336 g/mol. The predicted molar refractivity (Wildman–Crippen MR) is 64.2 cm³/mol. The van der Waals surface area contributed by atoms with Crippen LogP contribution < -0.4 is 11.1 Å². The van der Waals surface area contributed by atoms with E-state index >= 15 is 0 Å². The molecule has 0 unspecified atom stereocenters. The van der Waals surface area contributed by atoms with Gasteiger partial charge in [0.25, 0.3) is 5.91 Å². The van der Waals surface area contributed by atoms with Crippen LogP contribution in [0.5, 0.6) is 0 Å². The standard InChI is InChI=1S/C10H7Cl2F5N2O/c11-4-1-2-5(18)7(12)6(4)8(20)19-3-9(13,14)10(15,16)17/h1-2H,3,18H2,(H,19,20). The number of nitrogens with one attached hydrogen (secondary N) is 1. The lowest BCUT2D eigenvalue weighted by Gasteiger charge is -2.20. The molecule has 0 atom stereocenters. The second kappa shape index (κ2) is 5.61. The number of rotatable bonds is 3. The third-order valence-corrected chi connectivity index (χ3v) is 2.96. The van der Waals surface area contributed by atoms with E-state index in [1.165, 1.54) is 17.4 Å². The van der Waals surface area contributed by atoms with E-state index in [1.54, 1.807) is 0 Å². The van der Waals surface area contributed by atoms with Crippen LogP contribution in [0.25, 0.3) is 0 Å². The van der Waals surface area contributed by atoms with E-state index in [9.17, 15) is 26.7 Å². The van der Waals surface area contributed by atoms with Crippen LogP contribution in [-0.2, 0) is 0 Å². The van der Waals surface area contributed by atoms with Gasteiger partial charge in [-0.05, 0) is 12.1 Å². The van der Waals surface area contributed by atoms with Gasteiger partial charge in [-0.25, -0.2) is 0 Å². The molecule has 112 valence electrons. The van der Waals surface area contributed by atoms with Crippen molar-refractivity contribution in [2.24, 2.45) is 0 Å². The van der Waals surface area contributed by atoms with Gasteiger partial charge in [-0.2, -0.15) is 22.0 Å². The van der Waals surface area contributed by atoms with Gasteiger partial charge >= 0.3 is 12.1 Å². The molecule has 0 radical (unpaired) electrons. The molecular weight excluding hydrogens is 330 g/mol. The summed E-state index contributed by atoms with van der Waals surface area (Å²) in [5.74, 6) is -6.35. The fourth-order valence-corrected chi connectivity index (χ4v) is 1.70. The Morgan fingerprint density at radius 3 is 2.25 bits per heavy atom. The molecule has 0 aliphatic rings. The summed E-state index contributed by atoms with van der Waals surface area (Å²) in [6.45, 7) is -1.93. The summed E-state index contributed by atoms with van der Waals surface area (Å²) in [7, 11) is 0. The molecule has 0 saturated heterocycles. The van der Waals surface area contributed by atoms with Crippen LogP contribution in [-0.4, -0.2) is 24.6 Å².